The van der Waals surface area contributed by atoms with Gasteiger partial charge in [0, 0.05) is 17.7 Å². The summed E-state index contributed by atoms with van der Waals surface area (Å²) in [4.78, 5) is 10.4. The molecule has 0 heterocycles. The SMILES string of the molecule is CCCC1CC(N)(c2cccc([N+](=O)[O-])c2)C1. The van der Waals surface area contributed by atoms with Crippen LogP contribution in [-0.2, 0) is 5.54 Å². The molecule has 0 saturated heterocycles. The number of hydrogen-bond acceptors (Lipinski definition) is 3. The highest BCUT2D eigenvalue weighted by Gasteiger charge is 2.41. The van der Waals surface area contributed by atoms with E-state index in [1.165, 1.54) is 18.9 Å². The molecule has 0 amide bonds. The molecule has 1 aliphatic rings. The van der Waals surface area contributed by atoms with Crippen molar-refractivity contribution >= 4 is 5.69 Å². The number of nitro groups is 1. The largest absolute Gasteiger partial charge is 0.321 e. The summed E-state index contributed by atoms with van der Waals surface area (Å²) in [6.07, 6.45) is 4.27. The number of benzene rings is 1. The number of nitro benzene ring substituents is 1. The fourth-order valence-corrected chi connectivity index (χ4v) is 2.75. The molecular formula is C13H18N2O2. The van der Waals surface area contributed by atoms with E-state index in [2.05, 4.69) is 6.92 Å². The summed E-state index contributed by atoms with van der Waals surface area (Å²) in [5.74, 6) is 0.685. The standard InChI is InChI=1S/C13H18N2O2/c1-2-4-10-8-13(14,9-10)11-5-3-6-12(7-11)15(16)17/h3,5-7,10H,2,4,8-9,14H2,1H3. The van der Waals surface area contributed by atoms with Gasteiger partial charge in [-0.3, -0.25) is 10.1 Å². The van der Waals surface area contributed by atoms with Crippen LogP contribution >= 0.6 is 0 Å². The molecule has 92 valence electrons. The zero-order valence-corrected chi connectivity index (χ0v) is 10.1. The zero-order valence-electron chi connectivity index (χ0n) is 10.1. The van der Waals surface area contributed by atoms with E-state index >= 15 is 0 Å². The van der Waals surface area contributed by atoms with Crippen molar-refractivity contribution in [1.29, 1.82) is 0 Å². The Labute approximate surface area is 101 Å². The lowest BCUT2D eigenvalue weighted by molar-refractivity contribution is -0.385. The van der Waals surface area contributed by atoms with Crippen molar-refractivity contribution < 1.29 is 4.92 Å². The van der Waals surface area contributed by atoms with Crippen LogP contribution in [0.5, 0.6) is 0 Å². The molecule has 0 spiro atoms. The Bertz CT molecular complexity index is 425. The van der Waals surface area contributed by atoms with E-state index in [4.69, 9.17) is 5.73 Å². The average Bonchev–Trinajstić information content (AvgIpc) is 2.27. The van der Waals surface area contributed by atoms with Crippen LogP contribution < -0.4 is 5.73 Å². The van der Waals surface area contributed by atoms with Crippen LogP contribution in [0.3, 0.4) is 0 Å². The number of non-ortho nitro benzene ring substituents is 1. The Morgan fingerprint density at radius 3 is 2.82 bits per heavy atom. The number of rotatable bonds is 4. The van der Waals surface area contributed by atoms with E-state index in [-0.39, 0.29) is 16.1 Å². The van der Waals surface area contributed by atoms with Crippen LogP contribution in [0.25, 0.3) is 0 Å². The lowest BCUT2D eigenvalue weighted by atomic mass is 9.64. The molecule has 4 heteroatoms. The van der Waals surface area contributed by atoms with Gasteiger partial charge in [-0.15, -0.1) is 0 Å². The summed E-state index contributed by atoms with van der Waals surface area (Å²) in [5.41, 5.74) is 6.98. The van der Waals surface area contributed by atoms with Gasteiger partial charge in [0.2, 0.25) is 0 Å². The maximum atomic E-state index is 10.7. The molecule has 2 N–H and O–H groups in total. The summed E-state index contributed by atoms with van der Waals surface area (Å²) in [6, 6.07) is 6.74. The van der Waals surface area contributed by atoms with Gasteiger partial charge in [-0.05, 0) is 24.3 Å². The maximum Gasteiger partial charge on any atom is 0.269 e. The summed E-state index contributed by atoms with van der Waals surface area (Å²) in [5, 5.41) is 10.7. The first kappa shape index (κ1) is 12.0. The zero-order chi connectivity index (χ0) is 12.5. The topological polar surface area (TPSA) is 69.2 Å². The first-order chi connectivity index (χ1) is 8.05. The van der Waals surface area contributed by atoms with Crippen LogP contribution in [0.1, 0.15) is 38.2 Å². The molecule has 0 atom stereocenters. The lowest BCUT2D eigenvalue weighted by Gasteiger charge is -2.45. The van der Waals surface area contributed by atoms with E-state index < -0.39 is 0 Å². The molecule has 0 bridgehead atoms. The molecule has 1 aliphatic carbocycles. The van der Waals surface area contributed by atoms with Gasteiger partial charge in [-0.1, -0.05) is 31.9 Å². The van der Waals surface area contributed by atoms with Gasteiger partial charge in [0.15, 0.2) is 0 Å². The van der Waals surface area contributed by atoms with Crippen molar-refractivity contribution in [1.82, 2.24) is 0 Å². The molecule has 1 aromatic carbocycles. The molecule has 0 aliphatic heterocycles. The second kappa shape index (κ2) is 4.45. The third kappa shape index (κ3) is 2.31. The van der Waals surface area contributed by atoms with Crippen molar-refractivity contribution in [2.75, 3.05) is 0 Å². The summed E-state index contributed by atoms with van der Waals surface area (Å²) < 4.78 is 0. The molecule has 1 aromatic rings. The van der Waals surface area contributed by atoms with Crippen LogP contribution in [-0.4, -0.2) is 4.92 Å². The van der Waals surface area contributed by atoms with Gasteiger partial charge in [0.25, 0.3) is 5.69 Å². The number of hydrogen-bond donors (Lipinski definition) is 1. The van der Waals surface area contributed by atoms with E-state index in [0.29, 0.717) is 5.92 Å². The van der Waals surface area contributed by atoms with Gasteiger partial charge in [-0.2, -0.15) is 0 Å². The van der Waals surface area contributed by atoms with E-state index in [1.54, 1.807) is 12.1 Å². The van der Waals surface area contributed by atoms with Crippen molar-refractivity contribution in [2.24, 2.45) is 11.7 Å². The van der Waals surface area contributed by atoms with Gasteiger partial charge < -0.3 is 5.73 Å². The minimum Gasteiger partial charge on any atom is -0.321 e. The normalized spacial score (nSPS) is 27.5. The van der Waals surface area contributed by atoms with Crippen LogP contribution in [0.15, 0.2) is 24.3 Å². The fourth-order valence-electron chi connectivity index (χ4n) is 2.75. The molecule has 1 saturated carbocycles. The second-order valence-electron chi connectivity index (χ2n) is 5.03. The molecule has 1 fully saturated rings. The highest BCUT2D eigenvalue weighted by molar-refractivity contribution is 5.39. The van der Waals surface area contributed by atoms with Gasteiger partial charge in [-0.25, -0.2) is 0 Å². The number of nitrogens with two attached hydrogens (primary N) is 1. The summed E-state index contributed by atoms with van der Waals surface area (Å²) in [6.45, 7) is 2.17. The van der Waals surface area contributed by atoms with Crippen LogP contribution in [0.4, 0.5) is 5.69 Å². The Balaban J connectivity index is 2.13. The minimum atomic E-state index is -0.366. The molecule has 0 aromatic heterocycles. The van der Waals surface area contributed by atoms with Gasteiger partial charge in [0.1, 0.15) is 0 Å². The van der Waals surface area contributed by atoms with Crippen molar-refractivity contribution in [3.05, 3.63) is 39.9 Å². The molecule has 2 rings (SSSR count). The predicted octanol–water partition coefficient (Wildman–Crippen LogP) is 2.96. The summed E-state index contributed by atoms with van der Waals surface area (Å²) in [7, 11) is 0. The van der Waals surface area contributed by atoms with Crippen LogP contribution in [0.2, 0.25) is 0 Å². The van der Waals surface area contributed by atoms with E-state index in [1.807, 2.05) is 6.07 Å². The van der Waals surface area contributed by atoms with Crippen LogP contribution in [0, 0.1) is 16.0 Å². The molecular weight excluding hydrogens is 216 g/mol. The maximum absolute atomic E-state index is 10.7. The number of nitrogens with zero attached hydrogens (tertiary/aromatic N) is 1. The molecule has 0 unspecified atom stereocenters. The predicted molar refractivity (Wildman–Crippen MR) is 66.6 cm³/mol. The highest BCUT2D eigenvalue weighted by atomic mass is 16.6. The third-order valence-electron chi connectivity index (χ3n) is 3.63. The summed E-state index contributed by atoms with van der Waals surface area (Å²) >= 11 is 0. The Kier molecular flexibility index (Phi) is 3.15. The van der Waals surface area contributed by atoms with Gasteiger partial charge in [0.05, 0.1) is 4.92 Å². The Morgan fingerprint density at radius 2 is 2.24 bits per heavy atom. The fraction of sp³-hybridized carbons (Fsp3) is 0.538. The van der Waals surface area contributed by atoms with Crippen molar-refractivity contribution in [3.63, 3.8) is 0 Å². The minimum absolute atomic E-state index is 0.131. The third-order valence-corrected chi connectivity index (χ3v) is 3.63. The Hall–Kier alpha value is -1.42. The Morgan fingerprint density at radius 1 is 1.53 bits per heavy atom. The lowest BCUT2D eigenvalue weighted by Crippen LogP contribution is -2.48. The quantitative estimate of drug-likeness (QED) is 0.643. The first-order valence-electron chi connectivity index (χ1n) is 6.09. The van der Waals surface area contributed by atoms with E-state index in [9.17, 15) is 10.1 Å². The monoisotopic (exact) mass is 234 g/mol. The van der Waals surface area contributed by atoms with Gasteiger partial charge >= 0.3 is 0 Å². The van der Waals surface area contributed by atoms with Crippen molar-refractivity contribution in [2.45, 2.75) is 38.1 Å². The van der Waals surface area contributed by atoms with E-state index in [0.717, 1.165) is 18.4 Å². The molecule has 0 radical (unpaired) electrons. The van der Waals surface area contributed by atoms with Crippen molar-refractivity contribution in [3.8, 4) is 0 Å². The molecule has 17 heavy (non-hydrogen) atoms. The highest BCUT2D eigenvalue weighted by Crippen LogP contribution is 2.46. The molecule has 4 nitrogen and oxygen atoms in total. The first-order valence-corrected chi connectivity index (χ1v) is 6.09. The smallest absolute Gasteiger partial charge is 0.269 e. The second-order valence-corrected chi connectivity index (χ2v) is 5.03. The average molecular weight is 234 g/mol.